The third-order valence-electron chi connectivity index (χ3n) is 11.8. The zero-order chi connectivity index (χ0) is 28.6. The van der Waals surface area contributed by atoms with E-state index in [1.54, 1.807) is 6.92 Å². The van der Waals surface area contributed by atoms with E-state index in [0.717, 1.165) is 0 Å². The van der Waals surface area contributed by atoms with Gasteiger partial charge >= 0.3 is 5.97 Å². The van der Waals surface area contributed by atoms with Crippen molar-refractivity contribution in [2.45, 2.75) is 106 Å². The Morgan fingerprint density at radius 3 is 2.26 bits per heavy atom. The highest BCUT2D eigenvalue weighted by molar-refractivity contribution is 6.01. The molecule has 2 fully saturated rings. The van der Waals surface area contributed by atoms with Gasteiger partial charge in [0, 0.05) is 47.5 Å². The highest BCUT2D eigenvalue weighted by atomic mass is 16.5. The Labute approximate surface area is 226 Å². The van der Waals surface area contributed by atoms with Crippen LogP contribution in [0.25, 0.3) is 0 Å². The quantitative estimate of drug-likeness (QED) is 0.494. The highest BCUT2D eigenvalue weighted by Crippen LogP contribution is 2.71. The second-order valence-corrected chi connectivity index (χ2v) is 14.1. The maximum atomic E-state index is 14.1. The number of methoxy groups -OCH3 is 1. The van der Waals surface area contributed by atoms with Gasteiger partial charge in [-0.1, -0.05) is 48.5 Å². The van der Waals surface area contributed by atoms with E-state index in [4.69, 9.17) is 4.74 Å². The van der Waals surface area contributed by atoms with E-state index in [1.165, 1.54) is 7.11 Å². The first kappa shape index (κ1) is 29.1. The standard InChI is InChI=1S/C31H46O7/c1-16(11-18(32)12-17(2)27(37)38-8)19-13-24(36)31(7)26-20(33)14-22-28(3,4)23(35)9-10-29(22,5)25(26)21(34)15-30(19,31)6/h16-17,19-20,22,24,33,36H,9-15H2,1-8H3/t16-,17?,19-,20+,22?,24+,29+,30-,31+/m1/s1. The Kier molecular flexibility index (Phi) is 7.18. The number of aliphatic hydroxyl groups is 2. The number of carbonyl (C=O) groups excluding carboxylic acids is 4. The van der Waals surface area contributed by atoms with Gasteiger partial charge in [0.1, 0.15) is 11.6 Å². The van der Waals surface area contributed by atoms with Gasteiger partial charge in [0.15, 0.2) is 5.78 Å². The average molecular weight is 531 g/mol. The van der Waals surface area contributed by atoms with E-state index in [9.17, 15) is 29.4 Å². The molecule has 0 aromatic rings. The van der Waals surface area contributed by atoms with Crippen molar-refractivity contribution in [1.82, 2.24) is 0 Å². The van der Waals surface area contributed by atoms with E-state index in [-0.39, 0.29) is 54.4 Å². The molecular weight excluding hydrogens is 484 g/mol. The maximum Gasteiger partial charge on any atom is 0.308 e. The molecular formula is C31H46O7. The van der Waals surface area contributed by atoms with Gasteiger partial charge in [0.25, 0.3) is 0 Å². The number of hydrogen-bond donors (Lipinski definition) is 2. The normalized spacial score (nSPS) is 41.6. The van der Waals surface area contributed by atoms with E-state index in [0.29, 0.717) is 36.8 Å². The van der Waals surface area contributed by atoms with Crippen LogP contribution in [0.5, 0.6) is 0 Å². The van der Waals surface area contributed by atoms with Crippen molar-refractivity contribution >= 4 is 23.3 Å². The Hall–Kier alpha value is -1.86. The van der Waals surface area contributed by atoms with Crippen LogP contribution in [0, 0.1) is 45.3 Å². The number of allylic oxidation sites excluding steroid dienone is 1. The summed E-state index contributed by atoms with van der Waals surface area (Å²) >= 11 is 0. The molecule has 0 aromatic carbocycles. The summed E-state index contributed by atoms with van der Waals surface area (Å²) in [6.07, 6.45) is 0.728. The Morgan fingerprint density at radius 2 is 1.66 bits per heavy atom. The molecule has 4 aliphatic rings. The van der Waals surface area contributed by atoms with E-state index in [1.807, 2.05) is 34.6 Å². The van der Waals surface area contributed by atoms with Crippen molar-refractivity contribution in [2.24, 2.45) is 45.3 Å². The summed E-state index contributed by atoms with van der Waals surface area (Å²) in [4.78, 5) is 51.7. The lowest BCUT2D eigenvalue weighted by atomic mass is 9.42. The van der Waals surface area contributed by atoms with Crippen LogP contribution in [0.4, 0.5) is 0 Å². The molecule has 0 aliphatic heterocycles. The number of rotatable bonds is 6. The average Bonchev–Trinajstić information content (AvgIpc) is 3.03. The van der Waals surface area contributed by atoms with Crippen LogP contribution in [0.3, 0.4) is 0 Å². The van der Waals surface area contributed by atoms with Gasteiger partial charge in [-0.3, -0.25) is 19.2 Å². The Morgan fingerprint density at radius 1 is 1.03 bits per heavy atom. The van der Waals surface area contributed by atoms with Gasteiger partial charge in [0.05, 0.1) is 25.2 Å². The minimum Gasteiger partial charge on any atom is -0.469 e. The maximum absolute atomic E-state index is 14.1. The fourth-order valence-corrected chi connectivity index (χ4v) is 9.40. The largest absolute Gasteiger partial charge is 0.469 e. The van der Waals surface area contributed by atoms with Crippen molar-refractivity contribution < 1.29 is 34.1 Å². The van der Waals surface area contributed by atoms with Crippen molar-refractivity contribution in [1.29, 1.82) is 0 Å². The third kappa shape index (κ3) is 3.89. The van der Waals surface area contributed by atoms with Gasteiger partial charge in [-0.2, -0.15) is 0 Å². The molecule has 0 saturated heterocycles. The molecule has 38 heavy (non-hydrogen) atoms. The molecule has 0 aromatic heterocycles. The second-order valence-electron chi connectivity index (χ2n) is 14.1. The summed E-state index contributed by atoms with van der Waals surface area (Å²) in [6.45, 7) is 13.7. The summed E-state index contributed by atoms with van der Waals surface area (Å²) in [5, 5.41) is 23.3. The first-order chi connectivity index (χ1) is 17.5. The first-order valence-corrected chi connectivity index (χ1v) is 14.2. The minimum atomic E-state index is -0.909. The lowest BCUT2D eigenvalue weighted by molar-refractivity contribution is -0.147. The molecule has 7 heteroatoms. The summed E-state index contributed by atoms with van der Waals surface area (Å²) in [7, 11) is 1.31. The van der Waals surface area contributed by atoms with Gasteiger partial charge in [-0.15, -0.1) is 0 Å². The third-order valence-corrected chi connectivity index (χ3v) is 11.8. The summed E-state index contributed by atoms with van der Waals surface area (Å²) in [5.41, 5.74) is -1.31. The molecule has 0 radical (unpaired) electrons. The predicted molar refractivity (Wildman–Crippen MR) is 142 cm³/mol. The number of fused-ring (bicyclic) bond motifs is 4. The number of hydrogen-bond acceptors (Lipinski definition) is 7. The van der Waals surface area contributed by atoms with E-state index >= 15 is 0 Å². The van der Waals surface area contributed by atoms with Crippen LogP contribution in [0.2, 0.25) is 0 Å². The van der Waals surface area contributed by atoms with Gasteiger partial charge in [0.2, 0.25) is 0 Å². The molecule has 4 rings (SSSR count). The van der Waals surface area contributed by atoms with Crippen molar-refractivity contribution in [2.75, 3.05) is 7.11 Å². The molecule has 2 unspecified atom stereocenters. The van der Waals surface area contributed by atoms with Crippen LogP contribution in [0.1, 0.15) is 93.4 Å². The fraction of sp³-hybridized carbons (Fsp3) is 0.806. The summed E-state index contributed by atoms with van der Waals surface area (Å²) in [6, 6.07) is 0. The van der Waals surface area contributed by atoms with E-state index < -0.39 is 45.8 Å². The molecule has 2 N–H and O–H groups in total. The smallest absolute Gasteiger partial charge is 0.308 e. The predicted octanol–water partition coefficient (Wildman–Crippen LogP) is 4.22. The van der Waals surface area contributed by atoms with Gasteiger partial charge in [-0.25, -0.2) is 0 Å². The molecule has 0 spiro atoms. The highest BCUT2D eigenvalue weighted by Gasteiger charge is 2.70. The zero-order valence-corrected chi connectivity index (χ0v) is 24.3. The van der Waals surface area contributed by atoms with Crippen molar-refractivity contribution in [3.05, 3.63) is 11.1 Å². The molecule has 212 valence electrons. The molecule has 0 bridgehead atoms. The molecule has 4 aliphatic carbocycles. The monoisotopic (exact) mass is 530 g/mol. The van der Waals surface area contributed by atoms with Crippen LogP contribution < -0.4 is 0 Å². The SMILES string of the molecule is COC(=O)C(C)CC(=O)C[C@@H](C)[C@H]1C[C@H](O)[C@@]2(C)C3=C(C(=O)C[C@]12C)[C@@]1(C)CCC(=O)C(C)(C)C1C[C@@H]3O. The topological polar surface area (TPSA) is 118 Å². The fourth-order valence-electron chi connectivity index (χ4n) is 9.40. The lowest BCUT2D eigenvalue weighted by Crippen LogP contribution is -2.60. The molecule has 2 saturated carbocycles. The number of Topliss-reactive ketones (excluding diaryl/α,β-unsaturated/α-hetero) is 3. The lowest BCUT2D eigenvalue weighted by Gasteiger charge is -2.61. The molecule has 7 nitrogen and oxygen atoms in total. The Bertz CT molecular complexity index is 1090. The number of esters is 1. The summed E-state index contributed by atoms with van der Waals surface area (Å²) in [5.74, 6) is -1.15. The van der Waals surface area contributed by atoms with Crippen LogP contribution in [-0.2, 0) is 23.9 Å². The number of ether oxygens (including phenoxy) is 1. The van der Waals surface area contributed by atoms with Crippen molar-refractivity contribution in [3.8, 4) is 0 Å². The van der Waals surface area contributed by atoms with Crippen LogP contribution in [0.15, 0.2) is 11.1 Å². The second kappa shape index (κ2) is 9.36. The molecule has 0 amide bonds. The van der Waals surface area contributed by atoms with Crippen molar-refractivity contribution in [3.63, 3.8) is 0 Å². The van der Waals surface area contributed by atoms with E-state index in [2.05, 4.69) is 6.92 Å². The number of aliphatic hydroxyl groups excluding tert-OH is 2. The summed E-state index contributed by atoms with van der Waals surface area (Å²) < 4.78 is 4.76. The number of ketones is 3. The van der Waals surface area contributed by atoms with Crippen LogP contribution >= 0.6 is 0 Å². The number of carbonyl (C=O) groups is 4. The van der Waals surface area contributed by atoms with Gasteiger partial charge in [-0.05, 0) is 48.0 Å². The molecule has 0 heterocycles. The minimum absolute atomic E-state index is 0.00770. The van der Waals surface area contributed by atoms with Gasteiger partial charge < -0.3 is 14.9 Å². The first-order valence-electron chi connectivity index (χ1n) is 14.2. The zero-order valence-electron chi connectivity index (χ0n) is 24.3. The molecule has 9 atom stereocenters. The Balaban J connectivity index is 1.71. The van der Waals surface area contributed by atoms with Crippen LogP contribution in [-0.4, -0.2) is 52.8 Å².